The SMILES string of the molecule is CCNC(CCc1ccsc1)CC1(OC)CCC1. The zero-order valence-electron chi connectivity index (χ0n) is 11.6. The highest BCUT2D eigenvalue weighted by Gasteiger charge is 2.38. The van der Waals surface area contributed by atoms with E-state index in [0.29, 0.717) is 6.04 Å². The number of thiophene rings is 1. The Labute approximate surface area is 115 Å². The Hall–Kier alpha value is -0.380. The summed E-state index contributed by atoms with van der Waals surface area (Å²) in [5.41, 5.74) is 1.66. The van der Waals surface area contributed by atoms with E-state index in [4.69, 9.17) is 4.74 Å². The minimum atomic E-state index is 0.182. The van der Waals surface area contributed by atoms with Crippen LogP contribution in [0.15, 0.2) is 16.8 Å². The molecular weight excluding hydrogens is 242 g/mol. The van der Waals surface area contributed by atoms with Crippen molar-refractivity contribution in [1.29, 1.82) is 0 Å². The largest absolute Gasteiger partial charge is 0.378 e. The third kappa shape index (κ3) is 3.56. The Bertz CT molecular complexity index is 327. The van der Waals surface area contributed by atoms with Crippen molar-refractivity contribution in [2.24, 2.45) is 0 Å². The summed E-state index contributed by atoms with van der Waals surface area (Å²) in [4.78, 5) is 0. The molecule has 1 aliphatic rings. The summed E-state index contributed by atoms with van der Waals surface area (Å²) >= 11 is 1.79. The summed E-state index contributed by atoms with van der Waals surface area (Å²) in [6.07, 6.45) is 7.38. The van der Waals surface area contributed by atoms with Crippen molar-refractivity contribution in [3.63, 3.8) is 0 Å². The van der Waals surface area contributed by atoms with Crippen LogP contribution in [-0.2, 0) is 11.2 Å². The van der Waals surface area contributed by atoms with Gasteiger partial charge in [0, 0.05) is 13.2 Å². The van der Waals surface area contributed by atoms with Crippen LogP contribution in [0.3, 0.4) is 0 Å². The lowest BCUT2D eigenvalue weighted by Crippen LogP contribution is -2.46. The van der Waals surface area contributed by atoms with Crippen LogP contribution in [-0.4, -0.2) is 25.3 Å². The highest BCUT2D eigenvalue weighted by atomic mass is 32.1. The fraction of sp³-hybridized carbons (Fsp3) is 0.733. The van der Waals surface area contributed by atoms with Gasteiger partial charge in [-0.05, 0) is 67.5 Å². The molecule has 1 unspecified atom stereocenters. The molecule has 0 spiro atoms. The predicted octanol–water partition coefficient (Wildman–Crippen LogP) is 3.62. The molecule has 18 heavy (non-hydrogen) atoms. The molecule has 1 heterocycles. The van der Waals surface area contributed by atoms with Gasteiger partial charge >= 0.3 is 0 Å². The van der Waals surface area contributed by atoms with Gasteiger partial charge in [0.2, 0.25) is 0 Å². The monoisotopic (exact) mass is 267 g/mol. The van der Waals surface area contributed by atoms with E-state index in [9.17, 15) is 0 Å². The Morgan fingerprint density at radius 2 is 2.33 bits per heavy atom. The van der Waals surface area contributed by atoms with E-state index in [1.54, 1.807) is 11.3 Å². The topological polar surface area (TPSA) is 21.3 Å². The predicted molar refractivity (Wildman–Crippen MR) is 78.3 cm³/mol. The molecule has 1 aromatic heterocycles. The molecule has 1 N–H and O–H groups in total. The molecule has 2 nitrogen and oxygen atoms in total. The van der Waals surface area contributed by atoms with Crippen molar-refractivity contribution >= 4 is 11.3 Å². The van der Waals surface area contributed by atoms with Crippen molar-refractivity contribution in [3.05, 3.63) is 22.4 Å². The van der Waals surface area contributed by atoms with Crippen LogP contribution in [0.25, 0.3) is 0 Å². The molecular formula is C15H25NOS. The van der Waals surface area contributed by atoms with Gasteiger partial charge in [-0.15, -0.1) is 0 Å². The van der Waals surface area contributed by atoms with E-state index < -0.39 is 0 Å². The molecule has 1 aromatic rings. The number of rotatable bonds is 8. The average Bonchev–Trinajstić information content (AvgIpc) is 2.83. The van der Waals surface area contributed by atoms with Crippen LogP contribution in [0.1, 0.15) is 44.6 Å². The highest BCUT2D eigenvalue weighted by Crippen LogP contribution is 2.39. The van der Waals surface area contributed by atoms with Crippen LogP contribution in [0.4, 0.5) is 0 Å². The second-order valence-corrected chi connectivity index (χ2v) is 6.15. The van der Waals surface area contributed by atoms with Gasteiger partial charge in [-0.25, -0.2) is 0 Å². The van der Waals surface area contributed by atoms with Crippen molar-refractivity contribution in [2.45, 2.75) is 57.1 Å². The van der Waals surface area contributed by atoms with Crippen LogP contribution in [0, 0.1) is 0 Å². The summed E-state index contributed by atoms with van der Waals surface area (Å²) in [6, 6.07) is 2.83. The summed E-state index contributed by atoms with van der Waals surface area (Å²) in [7, 11) is 1.88. The molecule has 0 aromatic carbocycles. The first-order valence-corrected chi connectivity index (χ1v) is 8.02. The third-order valence-electron chi connectivity index (χ3n) is 4.17. The third-order valence-corrected chi connectivity index (χ3v) is 4.90. The number of ether oxygens (including phenoxy) is 1. The summed E-state index contributed by atoms with van der Waals surface area (Å²) in [6.45, 7) is 3.24. The van der Waals surface area contributed by atoms with E-state index in [-0.39, 0.29) is 5.60 Å². The Morgan fingerprint density at radius 3 is 2.83 bits per heavy atom. The van der Waals surface area contributed by atoms with Gasteiger partial charge in [-0.1, -0.05) is 6.92 Å². The lowest BCUT2D eigenvalue weighted by atomic mass is 9.75. The van der Waals surface area contributed by atoms with Gasteiger partial charge in [0.25, 0.3) is 0 Å². The normalized spacial score (nSPS) is 19.4. The first-order valence-electron chi connectivity index (χ1n) is 7.07. The Kier molecular flexibility index (Phi) is 5.22. The van der Waals surface area contributed by atoms with Crippen molar-refractivity contribution in [1.82, 2.24) is 5.32 Å². The van der Waals surface area contributed by atoms with Gasteiger partial charge < -0.3 is 10.1 Å². The maximum absolute atomic E-state index is 5.75. The quantitative estimate of drug-likeness (QED) is 0.777. The zero-order chi connectivity index (χ0) is 12.8. The van der Waals surface area contributed by atoms with Crippen LogP contribution in [0.2, 0.25) is 0 Å². The fourth-order valence-electron chi connectivity index (χ4n) is 2.85. The smallest absolute Gasteiger partial charge is 0.0693 e. The molecule has 0 amide bonds. The molecule has 0 saturated heterocycles. The zero-order valence-corrected chi connectivity index (χ0v) is 12.4. The molecule has 0 aliphatic heterocycles. The highest BCUT2D eigenvalue weighted by molar-refractivity contribution is 7.07. The molecule has 1 fully saturated rings. The van der Waals surface area contributed by atoms with E-state index in [1.807, 2.05) is 7.11 Å². The summed E-state index contributed by atoms with van der Waals surface area (Å²) in [5, 5.41) is 8.06. The second-order valence-electron chi connectivity index (χ2n) is 5.37. The minimum Gasteiger partial charge on any atom is -0.378 e. The fourth-order valence-corrected chi connectivity index (χ4v) is 3.56. The van der Waals surface area contributed by atoms with Crippen LogP contribution >= 0.6 is 11.3 Å². The van der Waals surface area contributed by atoms with Gasteiger partial charge in [0.1, 0.15) is 0 Å². The molecule has 102 valence electrons. The van der Waals surface area contributed by atoms with E-state index >= 15 is 0 Å². The van der Waals surface area contributed by atoms with Crippen LogP contribution < -0.4 is 5.32 Å². The van der Waals surface area contributed by atoms with Gasteiger partial charge in [-0.2, -0.15) is 11.3 Å². The van der Waals surface area contributed by atoms with Crippen LogP contribution in [0.5, 0.6) is 0 Å². The first kappa shape index (κ1) is 14.0. The number of aryl methyl sites for hydroxylation is 1. The molecule has 0 bridgehead atoms. The Balaban J connectivity index is 1.83. The standard InChI is InChI=1S/C15H25NOS/c1-3-16-14(6-5-13-7-10-18-12-13)11-15(17-2)8-4-9-15/h7,10,12,14,16H,3-6,8-9,11H2,1-2H3. The maximum atomic E-state index is 5.75. The molecule has 2 rings (SSSR count). The Morgan fingerprint density at radius 1 is 1.50 bits per heavy atom. The van der Waals surface area contributed by atoms with Crippen molar-refractivity contribution in [2.75, 3.05) is 13.7 Å². The lowest BCUT2D eigenvalue weighted by molar-refractivity contribution is -0.0837. The second kappa shape index (κ2) is 6.69. The van der Waals surface area contributed by atoms with Crippen molar-refractivity contribution < 1.29 is 4.74 Å². The minimum absolute atomic E-state index is 0.182. The molecule has 0 radical (unpaired) electrons. The average molecular weight is 267 g/mol. The summed E-state index contributed by atoms with van der Waals surface area (Å²) in [5.74, 6) is 0. The number of nitrogens with one attached hydrogen (secondary N) is 1. The molecule has 1 atom stereocenters. The van der Waals surface area contributed by atoms with Gasteiger partial charge in [0.15, 0.2) is 0 Å². The van der Waals surface area contributed by atoms with Gasteiger partial charge in [0.05, 0.1) is 5.60 Å². The van der Waals surface area contributed by atoms with Crippen molar-refractivity contribution in [3.8, 4) is 0 Å². The molecule has 3 heteroatoms. The first-order chi connectivity index (χ1) is 8.78. The lowest BCUT2D eigenvalue weighted by Gasteiger charge is -2.43. The van der Waals surface area contributed by atoms with E-state index in [2.05, 4.69) is 29.1 Å². The van der Waals surface area contributed by atoms with E-state index in [0.717, 1.165) is 6.54 Å². The maximum Gasteiger partial charge on any atom is 0.0693 e. The molecule has 1 saturated carbocycles. The number of hydrogen-bond acceptors (Lipinski definition) is 3. The molecule has 1 aliphatic carbocycles. The summed E-state index contributed by atoms with van der Waals surface area (Å²) < 4.78 is 5.75. The number of hydrogen-bond donors (Lipinski definition) is 1. The van der Waals surface area contributed by atoms with Gasteiger partial charge in [-0.3, -0.25) is 0 Å². The van der Waals surface area contributed by atoms with E-state index in [1.165, 1.54) is 44.1 Å². The number of methoxy groups -OCH3 is 1.